The van der Waals surface area contributed by atoms with Crippen molar-refractivity contribution in [2.75, 3.05) is 19.7 Å². The van der Waals surface area contributed by atoms with Gasteiger partial charge in [-0.15, -0.1) is 0 Å². The van der Waals surface area contributed by atoms with Crippen molar-refractivity contribution in [1.82, 2.24) is 9.88 Å². The molecule has 1 aromatic carbocycles. The van der Waals surface area contributed by atoms with E-state index in [0.29, 0.717) is 6.54 Å². The molecular weight excluding hydrogens is 284 g/mol. The highest BCUT2D eigenvalue weighted by atomic mass is 16.5. The zero-order valence-corrected chi connectivity index (χ0v) is 12.3. The molecule has 6 heteroatoms. The van der Waals surface area contributed by atoms with Crippen molar-refractivity contribution in [1.29, 1.82) is 0 Å². The Morgan fingerprint density at radius 3 is 3.05 bits per heavy atom. The molecule has 0 aliphatic carbocycles. The fourth-order valence-electron chi connectivity index (χ4n) is 2.89. The number of carbonyl (C=O) groups is 2. The van der Waals surface area contributed by atoms with Gasteiger partial charge in [-0.25, -0.2) is 4.79 Å². The molecule has 0 bridgehead atoms. The number of rotatable bonds is 3. The first-order valence-corrected chi connectivity index (χ1v) is 7.24. The summed E-state index contributed by atoms with van der Waals surface area (Å²) in [5, 5.41) is 10.1. The number of benzene rings is 1. The van der Waals surface area contributed by atoms with Crippen LogP contribution in [-0.4, -0.2) is 52.7 Å². The summed E-state index contributed by atoms with van der Waals surface area (Å²) in [7, 11) is 0. The molecule has 2 N–H and O–H groups in total. The van der Waals surface area contributed by atoms with E-state index in [4.69, 9.17) is 9.84 Å². The fraction of sp³-hybridized carbons (Fsp3) is 0.375. The number of aromatic amines is 1. The van der Waals surface area contributed by atoms with Crippen molar-refractivity contribution in [3.63, 3.8) is 0 Å². The number of H-pyrrole nitrogens is 1. The molecule has 1 fully saturated rings. The number of carbonyl (C=O) groups excluding carboxylic acids is 1. The molecule has 2 heterocycles. The summed E-state index contributed by atoms with van der Waals surface area (Å²) in [6.07, 6.45) is 1.18. The summed E-state index contributed by atoms with van der Waals surface area (Å²) in [4.78, 5) is 28.2. The molecule has 22 heavy (non-hydrogen) atoms. The first-order chi connectivity index (χ1) is 10.6. The third-order valence-electron chi connectivity index (χ3n) is 4.03. The zero-order valence-electron chi connectivity index (χ0n) is 12.3. The predicted molar refractivity (Wildman–Crippen MR) is 80.7 cm³/mol. The first-order valence-electron chi connectivity index (χ1n) is 7.24. The van der Waals surface area contributed by atoms with Crippen LogP contribution in [-0.2, 0) is 20.7 Å². The van der Waals surface area contributed by atoms with Crippen molar-refractivity contribution in [2.45, 2.75) is 19.4 Å². The summed E-state index contributed by atoms with van der Waals surface area (Å²) < 4.78 is 5.14. The average Bonchev–Trinajstić information content (AvgIpc) is 2.92. The molecule has 1 aromatic heterocycles. The summed E-state index contributed by atoms with van der Waals surface area (Å²) >= 11 is 0. The van der Waals surface area contributed by atoms with Gasteiger partial charge in [-0.05, 0) is 24.1 Å². The van der Waals surface area contributed by atoms with Crippen LogP contribution in [0.3, 0.4) is 0 Å². The van der Waals surface area contributed by atoms with E-state index in [1.165, 1.54) is 0 Å². The lowest BCUT2D eigenvalue weighted by atomic mass is 10.0. The highest BCUT2D eigenvalue weighted by Gasteiger charge is 2.29. The molecule has 1 amide bonds. The minimum Gasteiger partial charge on any atom is -0.479 e. The second-order valence-corrected chi connectivity index (χ2v) is 5.53. The number of aliphatic carboxylic acids is 1. The fourth-order valence-corrected chi connectivity index (χ4v) is 2.89. The van der Waals surface area contributed by atoms with Gasteiger partial charge in [0.25, 0.3) is 0 Å². The second kappa shape index (κ2) is 5.81. The lowest BCUT2D eigenvalue weighted by Gasteiger charge is -2.30. The number of nitrogens with zero attached hydrogens (tertiary/aromatic N) is 1. The number of nitrogens with one attached hydrogen (secondary N) is 1. The lowest BCUT2D eigenvalue weighted by Crippen LogP contribution is -2.49. The maximum absolute atomic E-state index is 12.5. The molecule has 0 saturated carbocycles. The maximum Gasteiger partial charge on any atom is 0.334 e. The molecule has 3 rings (SSSR count). The molecule has 1 aliphatic heterocycles. The van der Waals surface area contributed by atoms with Crippen LogP contribution in [0.1, 0.15) is 11.1 Å². The number of fused-ring (bicyclic) bond motifs is 1. The molecule has 1 atom stereocenters. The minimum absolute atomic E-state index is 0.0706. The van der Waals surface area contributed by atoms with Crippen LogP contribution >= 0.6 is 0 Å². The van der Waals surface area contributed by atoms with Crippen LogP contribution in [0.2, 0.25) is 0 Å². The van der Waals surface area contributed by atoms with Gasteiger partial charge in [0, 0.05) is 23.6 Å². The smallest absolute Gasteiger partial charge is 0.334 e. The van der Waals surface area contributed by atoms with Crippen LogP contribution in [0, 0.1) is 6.92 Å². The number of aryl methyl sites for hydroxylation is 1. The Morgan fingerprint density at radius 2 is 2.27 bits per heavy atom. The van der Waals surface area contributed by atoms with Gasteiger partial charge in [-0.2, -0.15) is 0 Å². The highest BCUT2D eigenvalue weighted by molar-refractivity contribution is 5.91. The molecule has 1 aliphatic rings. The zero-order chi connectivity index (χ0) is 15.7. The van der Waals surface area contributed by atoms with Crippen LogP contribution in [0.5, 0.6) is 0 Å². The van der Waals surface area contributed by atoms with E-state index in [2.05, 4.69) is 4.98 Å². The Hall–Kier alpha value is -2.34. The predicted octanol–water partition coefficient (Wildman–Crippen LogP) is 1.33. The number of aromatic nitrogens is 1. The molecule has 6 nitrogen and oxygen atoms in total. The van der Waals surface area contributed by atoms with Gasteiger partial charge in [-0.1, -0.05) is 12.1 Å². The van der Waals surface area contributed by atoms with E-state index in [9.17, 15) is 9.59 Å². The standard InChI is InChI=1S/C16H18N2O4/c1-10-3-2-4-12-15(10)11(8-17-12)7-14(19)18-5-6-22-13(9-18)16(20)21/h2-4,8,13,17H,5-7,9H2,1H3,(H,20,21). The van der Waals surface area contributed by atoms with E-state index in [1.807, 2.05) is 31.3 Å². The van der Waals surface area contributed by atoms with E-state index in [-0.39, 0.29) is 25.5 Å². The number of amides is 1. The Morgan fingerprint density at radius 1 is 1.45 bits per heavy atom. The van der Waals surface area contributed by atoms with Crippen LogP contribution in [0.15, 0.2) is 24.4 Å². The van der Waals surface area contributed by atoms with Gasteiger partial charge in [0.05, 0.1) is 19.6 Å². The third kappa shape index (κ3) is 2.69. The normalized spacial score (nSPS) is 18.6. The molecule has 116 valence electrons. The number of morpholine rings is 1. The van der Waals surface area contributed by atoms with Crippen molar-refractivity contribution < 1.29 is 19.4 Å². The van der Waals surface area contributed by atoms with Gasteiger partial charge >= 0.3 is 5.97 Å². The van der Waals surface area contributed by atoms with Gasteiger partial charge in [0.1, 0.15) is 0 Å². The van der Waals surface area contributed by atoms with Crippen molar-refractivity contribution >= 4 is 22.8 Å². The van der Waals surface area contributed by atoms with Crippen LogP contribution < -0.4 is 0 Å². The van der Waals surface area contributed by atoms with Crippen LogP contribution in [0.4, 0.5) is 0 Å². The third-order valence-corrected chi connectivity index (χ3v) is 4.03. The number of carboxylic acids is 1. The highest BCUT2D eigenvalue weighted by Crippen LogP contribution is 2.23. The minimum atomic E-state index is -1.03. The first kappa shape index (κ1) is 14.6. The summed E-state index contributed by atoms with van der Waals surface area (Å²) in [5.41, 5.74) is 3.07. The number of ether oxygens (including phenoxy) is 1. The quantitative estimate of drug-likeness (QED) is 0.896. The topological polar surface area (TPSA) is 82.6 Å². The van der Waals surface area contributed by atoms with Gasteiger partial charge in [0.2, 0.25) is 5.91 Å². The van der Waals surface area contributed by atoms with E-state index in [0.717, 1.165) is 22.0 Å². The molecule has 0 spiro atoms. The van der Waals surface area contributed by atoms with Crippen LogP contribution in [0.25, 0.3) is 10.9 Å². The maximum atomic E-state index is 12.5. The summed E-state index contributed by atoms with van der Waals surface area (Å²) in [5.74, 6) is -1.10. The van der Waals surface area contributed by atoms with Gasteiger partial charge in [-0.3, -0.25) is 4.79 Å². The monoisotopic (exact) mass is 302 g/mol. The van der Waals surface area contributed by atoms with E-state index < -0.39 is 12.1 Å². The van der Waals surface area contributed by atoms with E-state index >= 15 is 0 Å². The van der Waals surface area contributed by atoms with Gasteiger partial charge < -0.3 is 19.7 Å². The molecule has 1 unspecified atom stereocenters. The van der Waals surface area contributed by atoms with Gasteiger partial charge in [0.15, 0.2) is 6.10 Å². The second-order valence-electron chi connectivity index (χ2n) is 5.53. The number of hydrogen-bond donors (Lipinski definition) is 2. The molecule has 0 radical (unpaired) electrons. The Labute approximate surface area is 127 Å². The Balaban J connectivity index is 1.77. The Bertz CT molecular complexity index is 722. The average molecular weight is 302 g/mol. The molecule has 2 aromatic rings. The van der Waals surface area contributed by atoms with Crippen molar-refractivity contribution in [3.8, 4) is 0 Å². The van der Waals surface area contributed by atoms with Crippen molar-refractivity contribution in [3.05, 3.63) is 35.5 Å². The summed E-state index contributed by atoms with van der Waals surface area (Å²) in [6.45, 7) is 2.81. The number of hydrogen-bond acceptors (Lipinski definition) is 3. The lowest BCUT2D eigenvalue weighted by molar-refractivity contribution is -0.159. The number of carboxylic acid groups (broad SMARTS) is 1. The molecule has 1 saturated heterocycles. The summed E-state index contributed by atoms with van der Waals surface area (Å²) in [6, 6.07) is 5.96. The molecular formula is C16H18N2O4. The van der Waals surface area contributed by atoms with Crippen molar-refractivity contribution in [2.24, 2.45) is 0 Å². The Kier molecular flexibility index (Phi) is 3.85. The largest absolute Gasteiger partial charge is 0.479 e. The SMILES string of the molecule is Cc1cccc2[nH]cc(CC(=O)N3CCOC(C(=O)O)C3)c12. The van der Waals surface area contributed by atoms with E-state index in [1.54, 1.807) is 4.90 Å².